The summed E-state index contributed by atoms with van der Waals surface area (Å²) in [6, 6.07) is 8.60. The lowest BCUT2D eigenvalue weighted by Gasteiger charge is -2.13. The molecule has 0 aliphatic heterocycles. The van der Waals surface area contributed by atoms with Crippen LogP contribution in [0, 0.1) is 5.82 Å². The Morgan fingerprint density at radius 3 is 2.08 bits per heavy atom. The van der Waals surface area contributed by atoms with E-state index >= 15 is 0 Å². The number of hydrogen-bond donors (Lipinski definition) is 0. The number of ether oxygens (including phenoxy) is 5. The molecular weight excluding hydrogens is 331 g/mol. The second-order valence-corrected chi connectivity index (χ2v) is 4.85. The lowest BCUT2D eigenvalue weighted by Crippen LogP contribution is -2.13. The highest BCUT2D eigenvalue weighted by Gasteiger charge is 2.18. The Bertz CT molecular complexity index is 714. The van der Waals surface area contributed by atoms with Gasteiger partial charge in [0.1, 0.15) is 36.1 Å². The van der Waals surface area contributed by atoms with E-state index in [1.54, 1.807) is 6.07 Å². The van der Waals surface area contributed by atoms with Gasteiger partial charge < -0.3 is 23.7 Å². The molecule has 2 rings (SSSR count). The SMILES string of the molecule is COc1cc(OC)c(C(=O)OCCOc2ccc(F)cc2)cc1OC. The minimum atomic E-state index is -0.583. The van der Waals surface area contributed by atoms with Crippen LogP contribution in [0.3, 0.4) is 0 Å². The van der Waals surface area contributed by atoms with Crippen molar-refractivity contribution >= 4 is 5.97 Å². The van der Waals surface area contributed by atoms with Crippen LogP contribution >= 0.6 is 0 Å². The number of hydrogen-bond acceptors (Lipinski definition) is 6. The molecule has 6 nitrogen and oxygen atoms in total. The number of benzene rings is 2. The first-order chi connectivity index (χ1) is 12.1. The fourth-order valence-electron chi connectivity index (χ4n) is 2.09. The molecule has 0 atom stereocenters. The van der Waals surface area contributed by atoms with Crippen molar-refractivity contribution in [2.24, 2.45) is 0 Å². The topological polar surface area (TPSA) is 63.2 Å². The summed E-state index contributed by atoms with van der Waals surface area (Å²) in [6.07, 6.45) is 0. The first-order valence-electron chi connectivity index (χ1n) is 7.44. The summed E-state index contributed by atoms with van der Waals surface area (Å²) in [5.74, 6) is 0.691. The van der Waals surface area contributed by atoms with E-state index in [1.807, 2.05) is 0 Å². The average Bonchev–Trinajstić information content (AvgIpc) is 2.65. The Balaban J connectivity index is 1.96. The third-order valence-electron chi connectivity index (χ3n) is 3.32. The van der Waals surface area contributed by atoms with Crippen LogP contribution < -0.4 is 18.9 Å². The molecule has 2 aromatic rings. The molecule has 0 radical (unpaired) electrons. The van der Waals surface area contributed by atoms with Crippen LogP contribution in [0.5, 0.6) is 23.0 Å². The number of esters is 1. The Hall–Kier alpha value is -2.96. The summed E-state index contributed by atoms with van der Waals surface area (Å²) >= 11 is 0. The van der Waals surface area contributed by atoms with E-state index < -0.39 is 5.97 Å². The molecule has 0 saturated heterocycles. The lowest BCUT2D eigenvalue weighted by molar-refractivity contribution is 0.0446. The third kappa shape index (κ3) is 4.76. The maximum atomic E-state index is 12.8. The van der Waals surface area contributed by atoms with E-state index in [0.29, 0.717) is 23.0 Å². The molecule has 7 heteroatoms. The molecule has 0 N–H and O–H groups in total. The van der Waals surface area contributed by atoms with Crippen molar-refractivity contribution in [3.63, 3.8) is 0 Å². The second-order valence-electron chi connectivity index (χ2n) is 4.85. The van der Waals surface area contributed by atoms with Crippen molar-refractivity contribution in [2.45, 2.75) is 0 Å². The van der Waals surface area contributed by atoms with Gasteiger partial charge in [-0.05, 0) is 24.3 Å². The van der Waals surface area contributed by atoms with Crippen LogP contribution in [-0.2, 0) is 4.74 Å². The molecule has 0 aliphatic rings. The predicted molar refractivity (Wildman–Crippen MR) is 88.3 cm³/mol. The summed E-state index contributed by atoms with van der Waals surface area (Å²) in [6.45, 7) is 0.153. The molecule has 0 amide bonds. The van der Waals surface area contributed by atoms with Gasteiger partial charge in [0.25, 0.3) is 0 Å². The number of rotatable bonds is 8. The van der Waals surface area contributed by atoms with Gasteiger partial charge in [0.2, 0.25) is 0 Å². The maximum Gasteiger partial charge on any atom is 0.342 e. The summed E-state index contributed by atoms with van der Waals surface area (Å²) in [5, 5.41) is 0. The van der Waals surface area contributed by atoms with Crippen LogP contribution in [0.4, 0.5) is 4.39 Å². The molecule has 0 aliphatic carbocycles. The molecule has 0 bridgehead atoms. The number of halogens is 1. The first kappa shape index (κ1) is 18.4. The van der Waals surface area contributed by atoms with Crippen LogP contribution in [0.2, 0.25) is 0 Å². The Morgan fingerprint density at radius 1 is 0.880 bits per heavy atom. The quantitative estimate of drug-likeness (QED) is 0.539. The molecule has 0 heterocycles. The molecule has 0 unspecified atom stereocenters. The van der Waals surface area contributed by atoms with Gasteiger partial charge in [-0.2, -0.15) is 0 Å². The zero-order chi connectivity index (χ0) is 18.2. The van der Waals surface area contributed by atoms with Crippen molar-refractivity contribution in [3.05, 3.63) is 47.8 Å². The van der Waals surface area contributed by atoms with E-state index in [9.17, 15) is 9.18 Å². The fourth-order valence-corrected chi connectivity index (χ4v) is 2.09. The first-order valence-corrected chi connectivity index (χ1v) is 7.44. The normalized spacial score (nSPS) is 10.1. The molecule has 25 heavy (non-hydrogen) atoms. The van der Waals surface area contributed by atoms with Gasteiger partial charge in [0.15, 0.2) is 11.5 Å². The van der Waals surface area contributed by atoms with Gasteiger partial charge in [-0.15, -0.1) is 0 Å². The lowest BCUT2D eigenvalue weighted by atomic mass is 10.1. The van der Waals surface area contributed by atoms with Crippen molar-refractivity contribution in [2.75, 3.05) is 34.5 Å². The van der Waals surface area contributed by atoms with E-state index in [2.05, 4.69) is 0 Å². The highest BCUT2D eigenvalue weighted by molar-refractivity contribution is 5.93. The van der Waals surface area contributed by atoms with Crippen molar-refractivity contribution in [1.29, 1.82) is 0 Å². The van der Waals surface area contributed by atoms with Gasteiger partial charge in [-0.25, -0.2) is 9.18 Å². The van der Waals surface area contributed by atoms with Gasteiger partial charge in [0, 0.05) is 12.1 Å². The molecule has 0 spiro atoms. The summed E-state index contributed by atoms with van der Waals surface area (Å²) in [4.78, 5) is 12.2. The highest BCUT2D eigenvalue weighted by atomic mass is 19.1. The highest BCUT2D eigenvalue weighted by Crippen LogP contribution is 2.34. The number of methoxy groups -OCH3 is 3. The van der Waals surface area contributed by atoms with Crippen LogP contribution in [0.25, 0.3) is 0 Å². The number of carbonyl (C=O) groups excluding carboxylic acids is 1. The van der Waals surface area contributed by atoms with E-state index in [0.717, 1.165) is 0 Å². The Labute approximate surface area is 145 Å². The van der Waals surface area contributed by atoms with Gasteiger partial charge in [-0.1, -0.05) is 0 Å². The van der Waals surface area contributed by atoms with Crippen LogP contribution in [-0.4, -0.2) is 40.5 Å². The van der Waals surface area contributed by atoms with Crippen LogP contribution in [0.1, 0.15) is 10.4 Å². The molecule has 0 aromatic heterocycles. The standard InChI is InChI=1S/C18H19FO6/c1-21-15-11-17(23-3)16(22-2)10-14(15)18(20)25-9-8-24-13-6-4-12(19)5-7-13/h4-7,10-11H,8-9H2,1-3H3. The predicted octanol–water partition coefficient (Wildman–Crippen LogP) is 3.09. The molecular formula is C18H19FO6. The molecule has 0 fully saturated rings. The smallest absolute Gasteiger partial charge is 0.342 e. The van der Waals surface area contributed by atoms with Crippen molar-refractivity contribution < 1.29 is 32.9 Å². The second kappa shape index (κ2) is 8.77. The molecule has 2 aromatic carbocycles. The minimum Gasteiger partial charge on any atom is -0.496 e. The number of carbonyl (C=O) groups is 1. The Kier molecular flexibility index (Phi) is 6.45. The van der Waals surface area contributed by atoms with E-state index in [-0.39, 0.29) is 24.6 Å². The van der Waals surface area contributed by atoms with E-state index in [1.165, 1.54) is 51.7 Å². The van der Waals surface area contributed by atoms with Crippen molar-refractivity contribution in [1.82, 2.24) is 0 Å². The average molecular weight is 350 g/mol. The molecule has 0 saturated carbocycles. The molecule has 134 valence electrons. The van der Waals surface area contributed by atoms with E-state index in [4.69, 9.17) is 23.7 Å². The largest absolute Gasteiger partial charge is 0.496 e. The zero-order valence-corrected chi connectivity index (χ0v) is 14.2. The van der Waals surface area contributed by atoms with Gasteiger partial charge in [0.05, 0.1) is 21.3 Å². The minimum absolute atomic E-state index is 0.0215. The Morgan fingerprint density at radius 2 is 1.48 bits per heavy atom. The monoisotopic (exact) mass is 350 g/mol. The summed E-state index contributed by atoms with van der Waals surface area (Å²) in [5.41, 5.74) is 0.210. The summed E-state index contributed by atoms with van der Waals surface area (Å²) in [7, 11) is 4.40. The third-order valence-corrected chi connectivity index (χ3v) is 3.32. The van der Waals surface area contributed by atoms with Gasteiger partial charge >= 0.3 is 5.97 Å². The van der Waals surface area contributed by atoms with Gasteiger partial charge in [-0.3, -0.25) is 0 Å². The fraction of sp³-hybridized carbons (Fsp3) is 0.278. The zero-order valence-electron chi connectivity index (χ0n) is 14.2. The maximum absolute atomic E-state index is 12.8. The summed E-state index contributed by atoms with van der Waals surface area (Å²) < 4.78 is 38.9. The van der Waals surface area contributed by atoms with Crippen LogP contribution in [0.15, 0.2) is 36.4 Å². The van der Waals surface area contributed by atoms with Crippen molar-refractivity contribution in [3.8, 4) is 23.0 Å².